The molecule has 0 spiro atoms. The molecule has 24 heavy (non-hydrogen) atoms. The Balaban J connectivity index is 1.75. The van der Waals surface area contributed by atoms with Crippen LogP contribution in [0.2, 0.25) is 0 Å². The van der Waals surface area contributed by atoms with Gasteiger partial charge in [-0.15, -0.1) is 0 Å². The first-order valence-electron chi connectivity index (χ1n) is 7.47. The molecule has 0 fully saturated rings. The van der Waals surface area contributed by atoms with Crippen LogP contribution < -0.4 is 5.32 Å². The lowest BCUT2D eigenvalue weighted by molar-refractivity contribution is -0.138. The fraction of sp³-hybridized carbons (Fsp3) is 0.222. The van der Waals surface area contributed by atoms with Crippen molar-refractivity contribution in [2.45, 2.75) is 18.4 Å². The van der Waals surface area contributed by atoms with Gasteiger partial charge in [0.1, 0.15) is 12.6 Å². The van der Waals surface area contributed by atoms with E-state index in [2.05, 4.69) is 5.32 Å². The highest BCUT2D eigenvalue weighted by atomic mass is 32.2. The summed E-state index contributed by atoms with van der Waals surface area (Å²) in [6, 6.07) is 18.0. The Labute approximate surface area is 145 Å². The highest BCUT2D eigenvalue weighted by Crippen LogP contribution is 2.13. The molecule has 0 unspecified atom stereocenters. The third-order valence-corrected chi connectivity index (χ3v) is 4.31. The van der Waals surface area contributed by atoms with Crippen LogP contribution in [0, 0.1) is 0 Å². The molecule has 0 aliphatic rings. The average molecular weight is 345 g/mol. The van der Waals surface area contributed by atoms with E-state index < -0.39 is 18.1 Å². The van der Waals surface area contributed by atoms with Crippen molar-refractivity contribution in [3.63, 3.8) is 0 Å². The van der Waals surface area contributed by atoms with E-state index in [0.29, 0.717) is 5.75 Å². The number of nitrogens with one attached hydrogen (secondary N) is 1. The number of aliphatic carboxylic acids is 1. The lowest BCUT2D eigenvalue weighted by Crippen LogP contribution is -2.42. The molecule has 2 aromatic rings. The molecule has 0 saturated heterocycles. The Morgan fingerprint density at radius 1 is 1.00 bits per heavy atom. The van der Waals surface area contributed by atoms with Gasteiger partial charge in [0.15, 0.2) is 0 Å². The molecule has 0 aromatic heterocycles. The zero-order valence-corrected chi connectivity index (χ0v) is 13.9. The molecule has 0 saturated carbocycles. The van der Waals surface area contributed by atoms with Gasteiger partial charge in [0.25, 0.3) is 0 Å². The van der Waals surface area contributed by atoms with Crippen molar-refractivity contribution in [2.24, 2.45) is 0 Å². The number of carboxylic acid groups (broad SMARTS) is 1. The zero-order chi connectivity index (χ0) is 17.2. The Morgan fingerprint density at radius 2 is 1.58 bits per heavy atom. The molecule has 5 nitrogen and oxygen atoms in total. The molecule has 0 heterocycles. The van der Waals surface area contributed by atoms with E-state index in [1.807, 2.05) is 60.7 Å². The number of carboxylic acids is 1. The molecule has 6 heteroatoms. The number of rotatable bonds is 8. The molecule has 1 amide bonds. The minimum atomic E-state index is -1.08. The van der Waals surface area contributed by atoms with Crippen molar-refractivity contribution in [3.05, 3.63) is 71.8 Å². The lowest BCUT2D eigenvalue weighted by atomic mass is 10.2. The fourth-order valence-electron chi connectivity index (χ4n) is 1.95. The number of carbonyl (C=O) groups is 2. The minimum absolute atomic E-state index is 0.107. The first-order valence-corrected chi connectivity index (χ1v) is 8.62. The second-order valence-corrected chi connectivity index (χ2v) is 6.13. The summed E-state index contributed by atoms with van der Waals surface area (Å²) in [6.45, 7) is 0.107. The maximum atomic E-state index is 11.8. The predicted molar refractivity (Wildman–Crippen MR) is 93.8 cm³/mol. The molecule has 0 bridgehead atoms. The SMILES string of the molecule is O=C(N[C@H](CSCc1ccccc1)C(=O)O)OCc1ccccc1. The molecular formula is C18H19NO4S. The summed E-state index contributed by atoms with van der Waals surface area (Å²) >= 11 is 1.45. The maximum Gasteiger partial charge on any atom is 0.408 e. The number of benzene rings is 2. The van der Waals surface area contributed by atoms with E-state index in [1.54, 1.807) is 0 Å². The highest BCUT2D eigenvalue weighted by Gasteiger charge is 2.20. The van der Waals surface area contributed by atoms with Crippen molar-refractivity contribution >= 4 is 23.8 Å². The molecule has 1 atom stereocenters. The smallest absolute Gasteiger partial charge is 0.408 e. The van der Waals surface area contributed by atoms with Gasteiger partial charge in [-0.25, -0.2) is 9.59 Å². The van der Waals surface area contributed by atoms with Gasteiger partial charge in [0.05, 0.1) is 0 Å². The third-order valence-electron chi connectivity index (χ3n) is 3.20. The minimum Gasteiger partial charge on any atom is -0.480 e. The number of amides is 1. The highest BCUT2D eigenvalue weighted by molar-refractivity contribution is 7.98. The fourth-order valence-corrected chi connectivity index (χ4v) is 2.96. The lowest BCUT2D eigenvalue weighted by Gasteiger charge is -2.14. The number of carbonyl (C=O) groups excluding carboxylic acids is 1. The van der Waals surface area contributed by atoms with E-state index in [-0.39, 0.29) is 12.4 Å². The topological polar surface area (TPSA) is 75.6 Å². The van der Waals surface area contributed by atoms with E-state index in [4.69, 9.17) is 4.74 Å². The van der Waals surface area contributed by atoms with Crippen LogP contribution in [-0.2, 0) is 21.9 Å². The molecule has 0 aliphatic heterocycles. The van der Waals surface area contributed by atoms with Crippen LogP contribution >= 0.6 is 11.8 Å². The van der Waals surface area contributed by atoms with Gasteiger partial charge in [-0.3, -0.25) is 0 Å². The summed E-state index contributed by atoms with van der Waals surface area (Å²) in [5.41, 5.74) is 1.95. The summed E-state index contributed by atoms with van der Waals surface area (Å²) in [6.07, 6.45) is -0.730. The Bertz CT molecular complexity index is 649. The van der Waals surface area contributed by atoms with E-state index in [9.17, 15) is 14.7 Å². The summed E-state index contributed by atoms with van der Waals surface area (Å²) in [5, 5.41) is 11.6. The van der Waals surface area contributed by atoms with Gasteiger partial charge in [-0.1, -0.05) is 60.7 Å². The summed E-state index contributed by atoms with van der Waals surface area (Å²) in [5.74, 6) is -0.122. The van der Waals surface area contributed by atoms with Crippen LogP contribution in [-0.4, -0.2) is 29.0 Å². The van der Waals surface area contributed by atoms with Gasteiger partial charge < -0.3 is 15.2 Å². The third kappa shape index (κ3) is 6.34. The van der Waals surface area contributed by atoms with Crippen molar-refractivity contribution in [1.29, 1.82) is 0 Å². The Kier molecular flexibility index (Phi) is 7.17. The molecule has 2 aromatic carbocycles. The first-order chi connectivity index (χ1) is 11.6. The van der Waals surface area contributed by atoms with Crippen molar-refractivity contribution < 1.29 is 19.4 Å². The summed E-state index contributed by atoms with van der Waals surface area (Å²) in [7, 11) is 0. The monoisotopic (exact) mass is 345 g/mol. The second-order valence-electron chi connectivity index (χ2n) is 5.10. The molecule has 0 aliphatic carbocycles. The van der Waals surface area contributed by atoms with Gasteiger partial charge in [0, 0.05) is 11.5 Å². The van der Waals surface area contributed by atoms with Crippen molar-refractivity contribution in [2.75, 3.05) is 5.75 Å². The summed E-state index contributed by atoms with van der Waals surface area (Å²) < 4.78 is 5.05. The molecular weight excluding hydrogens is 326 g/mol. The molecule has 2 rings (SSSR count). The van der Waals surface area contributed by atoms with Crippen LogP contribution in [0.1, 0.15) is 11.1 Å². The zero-order valence-electron chi connectivity index (χ0n) is 13.1. The van der Waals surface area contributed by atoms with Crippen LogP contribution in [0.25, 0.3) is 0 Å². The number of ether oxygens (including phenoxy) is 1. The van der Waals surface area contributed by atoms with Gasteiger partial charge in [0.2, 0.25) is 0 Å². The normalized spacial score (nSPS) is 11.5. The molecule has 2 N–H and O–H groups in total. The summed E-state index contributed by atoms with van der Waals surface area (Å²) in [4.78, 5) is 23.0. The number of thioether (sulfide) groups is 1. The van der Waals surface area contributed by atoms with Crippen LogP contribution in [0.3, 0.4) is 0 Å². The molecule has 0 radical (unpaired) electrons. The standard InChI is InChI=1S/C18H19NO4S/c20-17(21)16(13-24-12-15-9-5-2-6-10-15)19-18(22)23-11-14-7-3-1-4-8-14/h1-10,16H,11-13H2,(H,19,22)(H,20,21)/t16-/m1/s1. The largest absolute Gasteiger partial charge is 0.480 e. The van der Waals surface area contributed by atoms with E-state index in [0.717, 1.165) is 11.1 Å². The van der Waals surface area contributed by atoms with E-state index in [1.165, 1.54) is 11.8 Å². The van der Waals surface area contributed by atoms with Crippen LogP contribution in [0.5, 0.6) is 0 Å². The predicted octanol–water partition coefficient (Wildman–Crippen LogP) is 3.30. The van der Waals surface area contributed by atoms with Gasteiger partial charge in [-0.05, 0) is 11.1 Å². The second kappa shape index (κ2) is 9.62. The first kappa shape index (κ1) is 17.9. The Morgan fingerprint density at radius 3 is 2.17 bits per heavy atom. The van der Waals surface area contributed by atoms with Crippen molar-refractivity contribution in [3.8, 4) is 0 Å². The van der Waals surface area contributed by atoms with Gasteiger partial charge in [-0.2, -0.15) is 11.8 Å². The quantitative estimate of drug-likeness (QED) is 0.768. The number of hydrogen-bond acceptors (Lipinski definition) is 4. The van der Waals surface area contributed by atoms with Crippen LogP contribution in [0.4, 0.5) is 4.79 Å². The van der Waals surface area contributed by atoms with Crippen molar-refractivity contribution in [1.82, 2.24) is 5.32 Å². The van der Waals surface area contributed by atoms with Gasteiger partial charge >= 0.3 is 12.1 Å². The molecule has 126 valence electrons. The number of hydrogen-bond donors (Lipinski definition) is 2. The average Bonchev–Trinajstić information content (AvgIpc) is 2.61. The maximum absolute atomic E-state index is 11.8. The van der Waals surface area contributed by atoms with Crippen LogP contribution in [0.15, 0.2) is 60.7 Å². The van der Waals surface area contributed by atoms with E-state index >= 15 is 0 Å². The Hall–Kier alpha value is -2.47. The number of alkyl carbamates (subject to hydrolysis) is 1.